The molecule has 1 atom stereocenters. The van der Waals surface area contributed by atoms with Crippen molar-refractivity contribution < 1.29 is 14.3 Å². The minimum absolute atomic E-state index is 0.319. The molecule has 1 heterocycles. The van der Waals surface area contributed by atoms with Gasteiger partial charge in [0.2, 0.25) is 0 Å². The fraction of sp³-hybridized carbons (Fsp3) is 0.444. The molecule has 2 rings (SSSR count). The second-order valence-corrected chi connectivity index (χ2v) is 6.84. The SMILES string of the molecule is CCC(CC)COC(=O)C1=C(C)NC(=O)N[C@H]1c1ccc(Cl)c(Cl)c1. The summed E-state index contributed by atoms with van der Waals surface area (Å²) in [6.45, 7) is 6.16. The summed E-state index contributed by atoms with van der Waals surface area (Å²) in [7, 11) is 0. The van der Waals surface area contributed by atoms with E-state index in [0.717, 1.165) is 12.8 Å². The third-order valence-electron chi connectivity index (χ3n) is 4.37. The van der Waals surface area contributed by atoms with Crippen molar-refractivity contribution in [1.29, 1.82) is 0 Å². The first-order valence-electron chi connectivity index (χ1n) is 8.27. The van der Waals surface area contributed by atoms with Gasteiger partial charge in [0.1, 0.15) is 0 Å². The van der Waals surface area contributed by atoms with E-state index in [1.807, 2.05) is 0 Å². The van der Waals surface area contributed by atoms with Crippen molar-refractivity contribution in [2.45, 2.75) is 39.7 Å². The smallest absolute Gasteiger partial charge is 0.338 e. The number of halogens is 2. The molecule has 0 saturated heterocycles. The zero-order valence-corrected chi connectivity index (χ0v) is 16.0. The second-order valence-electron chi connectivity index (χ2n) is 6.02. The van der Waals surface area contributed by atoms with Crippen molar-refractivity contribution >= 4 is 35.2 Å². The molecule has 2 N–H and O–H groups in total. The highest BCUT2D eigenvalue weighted by Gasteiger charge is 2.32. The summed E-state index contributed by atoms with van der Waals surface area (Å²) in [6, 6.07) is 3.98. The highest BCUT2D eigenvalue weighted by atomic mass is 35.5. The molecule has 0 bridgehead atoms. The Balaban J connectivity index is 2.30. The monoisotopic (exact) mass is 384 g/mol. The van der Waals surface area contributed by atoms with Crippen LogP contribution in [-0.2, 0) is 9.53 Å². The van der Waals surface area contributed by atoms with Crippen LogP contribution in [0.1, 0.15) is 45.2 Å². The molecule has 2 amide bonds. The maximum absolute atomic E-state index is 12.7. The van der Waals surface area contributed by atoms with Gasteiger partial charge in [-0.25, -0.2) is 9.59 Å². The molecule has 1 aliphatic rings. The van der Waals surface area contributed by atoms with Crippen molar-refractivity contribution in [3.63, 3.8) is 0 Å². The number of rotatable bonds is 6. The number of benzene rings is 1. The van der Waals surface area contributed by atoms with E-state index < -0.39 is 12.0 Å². The Morgan fingerprint density at radius 1 is 1.24 bits per heavy atom. The first kappa shape index (κ1) is 19.6. The number of ether oxygens (including phenoxy) is 1. The van der Waals surface area contributed by atoms with Gasteiger partial charge < -0.3 is 15.4 Å². The number of allylic oxidation sites excluding steroid dienone is 1. The van der Waals surface area contributed by atoms with Gasteiger partial charge in [-0.1, -0.05) is 56.0 Å². The van der Waals surface area contributed by atoms with Crippen LogP contribution in [0.5, 0.6) is 0 Å². The lowest BCUT2D eigenvalue weighted by Gasteiger charge is -2.28. The van der Waals surface area contributed by atoms with E-state index in [4.69, 9.17) is 27.9 Å². The lowest BCUT2D eigenvalue weighted by molar-refractivity contribution is -0.141. The van der Waals surface area contributed by atoms with Crippen molar-refractivity contribution in [2.75, 3.05) is 6.61 Å². The van der Waals surface area contributed by atoms with E-state index in [-0.39, 0.29) is 6.03 Å². The zero-order valence-electron chi connectivity index (χ0n) is 14.5. The van der Waals surface area contributed by atoms with Gasteiger partial charge in [-0.05, 0) is 30.5 Å². The average Bonchev–Trinajstić information content (AvgIpc) is 2.57. The number of amides is 2. The van der Waals surface area contributed by atoms with Crippen LogP contribution in [0.25, 0.3) is 0 Å². The third-order valence-corrected chi connectivity index (χ3v) is 5.11. The second kappa shape index (κ2) is 8.59. The van der Waals surface area contributed by atoms with Crippen molar-refractivity contribution in [2.24, 2.45) is 5.92 Å². The van der Waals surface area contributed by atoms with E-state index in [1.165, 1.54) is 0 Å². The van der Waals surface area contributed by atoms with E-state index in [2.05, 4.69) is 24.5 Å². The summed E-state index contributed by atoms with van der Waals surface area (Å²) in [5.74, 6) is -0.132. The van der Waals surface area contributed by atoms with Crippen LogP contribution in [-0.4, -0.2) is 18.6 Å². The molecular weight excluding hydrogens is 363 g/mol. The first-order valence-corrected chi connectivity index (χ1v) is 9.03. The highest BCUT2D eigenvalue weighted by molar-refractivity contribution is 6.42. The molecule has 0 radical (unpaired) electrons. The number of esters is 1. The first-order chi connectivity index (χ1) is 11.9. The fourth-order valence-electron chi connectivity index (χ4n) is 2.70. The molecule has 0 spiro atoms. The number of hydrogen-bond acceptors (Lipinski definition) is 3. The molecule has 25 heavy (non-hydrogen) atoms. The van der Waals surface area contributed by atoms with Gasteiger partial charge in [0.05, 0.1) is 28.3 Å². The molecule has 1 aromatic rings. The van der Waals surface area contributed by atoms with Crippen molar-refractivity contribution in [3.8, 4) is 0 Å². The normalized spacial score (nSPS) is 17.4. The van der Waals surface area contributed by atoms with Gasteiger partial charge in [0.15, 0.2) is 0 Å². The Bertz CT molecular complexity index is 700. The molecule has 1 aromatic carbocycles. The number of nitrogens with one attached hydrogen (secondary N) is 2. The molecule has 0 unspecified atom stereocenters. The molecule has 1 aliphatic heterocycles. The van der Waals surface area contributed by atoms with Crippen LogP contribution in [0.15, 0.2) is 29.5 Å². The fourth-order valence-corrected chi connectivity index (χ4v) is 3.01. The predicted molar refractivity (Wildman–Crippen MR) is 98.6 cm³/mol. The molecule has 5 nitrogen and oxygen atoms in total. The minimum atomic E-state index is -0.641. The Morgan fingerprint density at radius 2 is 1.92 bits per heavy atom. The standard InChI is InChI=1S/C18H22Cl2N2O3/c1-4-11(5-2)9-25-17(23)15-10(3)21-18(24)22-16(15)12-6-7-13(19)14(20)8-12/h6-8,11,16H,4-5,9H2,1-3H3,(H2,21,22,24)/t16-/m0/s1. The molecule has 7 heteroatoms. The summed E-state index contributed by atoms with van der Waals surface area (Å²) in [6.07, 6.45) is 1.88. The van der Waals surface area contributed by atoms with Crippen molar-refractivity contribution in [3.05, 3.63) is 45.1 Å². The lowest BCUT2D eigenvalue weighted by atomic mass is 9.95. The topological polar surface area (TPSA) is 67.4 Å². The molecule has 0 saturated carbocycles. The Kier molecular flexibility index (Phi) is 6.73. The summed E-state index contributed by atoms with van der Waals surface area (Å²) >= 11 is 12.0. The maximum Gasteiger partial charge on any atom is 0.338 e. The van der Waals surface area contributed by atoms with Gasteiger partial charge >= 0.3 is 12.0 Å². The van der Waals surface area contributed by atoms with Crippen LogP contribution in [0.4, 0.5) is 4.79 Å². The van der Waals surface area contributed by atoms with Crippen molar-refractivity contribution in [1.82, 2.24) is 10.6 Å². The number of carbonyl (C=O) groups is 2. The highest BCUT2D eigenvalue weighted by Crippen LogP contribution is 2.32. The Labute approximate surface area is 157 Å². The van der Waals surface area contributed by atoms with Gasteiger partial charge in [0.25, 0.3) is 0 Å². The lowest BCUT2D eigenvalue weighted by Crippen LogP contribution is -2.45. The van der Waals surface area contributed by atoms with Crippen LogP contribution in [0.3, 0.4) is 0 Å². The number of hydrogen-bond donors (Lipinski definition) is 2. The molecule has 0 aliphatic carbocycles. The molecule has 0 aromatic heterocycles. The van der Waals surface area contributed by atoms with Crippen LogP contribution in [0, 0.1) is 5.92 Å². The van der Waals surface area contributed by atoms with E-state index in [1.54, 1.807) is 25.1 Å². The van der Waals surface area contributed by atoms with Gasteiger partial charge in [0, 0.05) is 5.70 Å². The average molecular weight is 385 g/mol. The largest absolute Gasteiger partial charge is 0.462 e. The molecule has 136 valence electrons. The summed E-state index contributed by atoms with van der Waals surface area (Å²) < 4.78 is 5.49. The Morgan fingerprint density at radius 3 is 2.52 bits per heavy atom. The number of urea groups is 1. The van der Waals surface area contributed by atoms with Gasteiger partial charge in [-0.2, -0.15) is 0 Å². The zero-order chi connectivity index (χ0) is 18.6. The summed E-state index contributed by atoms with van der Waals surface area (Å²) in [5, 5.41) is 6.13. The molecule has 0 fully saturated rings. The summed E-state index contributed by atoms with van der Waals surface area (Å²) in [5.41, 5.74) is 1.50. The van der Waals surface area contributed by atoms with E-state index in [9.17, 15) is 9.59 Å². The quantitative estimate of drug-likeness (QED) is 0.704. The maximum atomic E-state index is 12.7. The minimum Gasteiger partial charge on any atom is -0.462 e. The van der Waals surface area contributed by atoms with E-state index in [0.29, 0.717) is 39.4 Å². The van der Waals surface area contributed by atoms with Gasteiger partial charge in [-0.15, -0.1) is 0 Å². The van der Waals surface area contributed by atoms with Crippen LogP contribution < -0.4 is 10.6 Å². The summed E-state index contributed by atoms with van der Waals surface area (Å²) in [4.78, 5) is 24.5. The number of carbonyl (C=O) groups excluding carboxylic acids is 2. The van der Waals surface area contributed by atoms with Gasteiger partial charge in [-0.3, -0.25) is 0 Å². The van der Waals surface area contributed by atoms with E-state index >= 15 is 0 Å². The predicted octanol–water partition coefficient (Wildman–Crippen LogP) is 4.60. The van der Waals surface area contributed by atoms with Crippen LogP contribution >= 0.6 is 23.2 Å². The molecular formula is C18H22Cl2N2O3. The third kappa shape index (κ3) is 4.67. The van der Waals surface area contributed by atoms with Crippen LogP contribution in [0.2, 0.25) is 10.0 Å². The Hall–Kier alpha value is -1.72.